The van der Waals surface area contributed by atoms with Crippen molar-refractivity contribution in [3.05, 3.63) is 59.2 Å². The molecule has 4 rings (SSSR count). The zero-order valence-corrected chi connectivity index (χ0v) is 15.2. The number of carbonyl (C=O) groups is 1. The Labute approximate surface area is 156 Å². The van der Waals surface area contributed by atoms with E-state index >= 15 is 0 Å². The molecule has 0 fully saturated rings. The van der Waals surface area contributed by atoms with Crippen LogP contribution in [0.4, 0.5) is 0 Å². The van der Waals surface area contributed by atoms with Crippen LogP contribution < -0.4 is 5.32 Å². The highest BCUT2D eigenvalue weighted by atomic mass is 16.2. The molecule has 9 heteroatoms. The molecule has 27 heavy (non-hydrogen) atoms. The number of aromatic amines is 1. The van der Waals surface area contributed by atoms with Crippen molar-refractivity contribution in [3.8, 4) is 0 Å². The van der Waals surface area contributed by atoms with Gasteiger partial charge in [-0.15, -0.1) is 10.2 Å². The van der Waals surface area contributed by atoms with Crippen molar-refractivity contribution in [3.63, 3.8) is 0 Å². The average molecular weight is 366 g/mol. The number of H-pyrrole nitrogens is 1. The molecule has 1 aliphatic heterocycles. The van der Waals surface area contributed by atoms with Crippen molar-refractivity contribution in [1.82, 2.24) is 40.6 Å². The zero-order chi connectivity index (χ0) is 18.6. The molecule has 0 saturated heterocycles. The van der Waals surface area contributed by atoms with Crippen LogP contribution in [0, 0.1) is 0 Å². The van der Waals surface area contributed by atoms with E-state index in [-0.39, 0.29) is 11.9 Å². The van der Waals surface area contributed by atoms with E-state index in [4.69, 9.17) is 0 Å². The molecule has 1 aromatic carbocycles. The Morgan fingerprint density at radius 3 is 2.93 bits per heavy atom. The van der Waals surface area contributed by atoms with E-state index in [1.807, 2.05) is 23.7 Å². The molecule has 0 unspecified atom stereocenters. The molecule has 0 spiro atoms. The number of aromatic nitrogens is 6. The summed E-state index contributed by atoms with van der Waals surface area (Å²) in [5.41, 5.74) is 2.76. The molecular weight excluding hydrogens is 344 g/mol. The van der Waals surface area contributed by atoms with Gasteiger partial charge in [0.2, 0.25) is 0 Å². The minimum Gasteiger partial charge on any atom is -0.341 e. The average Bonchev–Trinajstić information content (AvgIpc) is 3.30. The van der Waals surface area contributed by atoms with Gasteiger partial charge in [-0.2, -0.15) is 10.3 Å². The number of hydrogen-bond donors (Lipinski definition) is 2. The summed E-state index contributed by atoms with van der Waals surface area (Å²) in [5.74, 6) is 0.209. The summed E-state index contributed by atoms with van der Waals surface area (Å²) in [5, 5.41) is 21.1. The number of amides is 1. The number of fused-ring (bicyclic) bond motifs is 1. The maximum Gasteiger partial charge on any atom is 0.272 e. The van der Waals surface area contributed by atoms with Gasteiger partial charge in [0.25, 0.3) is 5.91 Å². The molecular formula is C18H22N8O. The van der Waals surface area contributed by atoms with Crippen molar-refractivity contribution < 1.29 is 4.79 Å². The lowest BCUT2D eigenvalue weighted by atomic mass is 10.2. The van der Waals surface area contributed by atoms with Gasteiger partial charge in [0.15, 0.2) is 11.5 Å². The van der Waals surface area contributed by atoms with Gasteiger partial charge in [-0.25, -0.2) is 0 Å². The van der Waals surface area contributed by atoms with E-state index in [0.717, 1.165) is 38.3 Å². The lowest BCUT2D eigenvalue weighted by molar-refractivity contribution is 0.0932. The van der Waals surface area contributed by atoms with Crippen LogP contribution in [-0.2, 0) is 19.6 Å². The van der Waals surface area contributed by atoms with Gasteiger partial charge in [-0.3, -0.25) is 14.4 Å². The van der Waals surface area contributed by atoms with E-state index in [0.29, 0.717) is 11.5 Å². The number of aryl methyl sites for hydroxylation is 1. The molecule has 140 valence electrons. The van der Waals surface area contributed by atoms with Gasteiger partial charge in [-0.05, 0) is 25.0 Å². The third kappa shape index (κ3) is 4.03. The molecule has 2 aromatic heterocycles. The summed E-state index contributed by atoms with van der Waals surface area (Å²) in [4.78, 5) is 14.9. The summed E-state index contributed by atoms with van der Waals surface area (Å²) >= 11 is 0. The van der Waals surface area contributed by atoms with E-state index in [9.17, 15) is 4.79 Å². The van der Waals surface area contributed by atoms with Crippen LogP contribution in [-0.4, -0.2) is 47.8 Å². The second kappa shape index (κ2) is 7.67. The topological polar surface area (TPSA) is 105 Å². The monoisotopic (exact) mass is 366 g/mol. The van der Waals surface area contributed by atoms with Gasteiger partial charge in [0.05, 0.1) is 11.7 Å². The number of nitrogens with one attached hydrogen (secondary N) is 2. The minimum absolute atomic E-state index is 0.234. The molecule has 0 aliphatic carbocycles. The van der Waals surface area contributed by atoms with E-state index in [2.05, 4.69) is 60.2 Å². The van der Waals surface area contributed by atoms with Crippen LogP contribution in [0.5, 0.6) is 0 Å². The highest BCUT2D eigenvalue weighted by Gasteiger charge is 2.21. The van der Waals surface area contributed by atoms with Crippen molar-refractivity contribution in [2.75, 3.05) is 6.54 Å². The molecule has 0 saturated carbocycles. The van der Waals surface area contributed by atoms with Crippen LogP contribution in [0.3, 0.4) is 0 Å². The lowest BCUT2D eigenvalue weighted by Gasteiger charge is -2.19. The second-order valence-electron chi connectivity index (χ2n) is 6.76. The summed E-state index contributed by atoms with van der Waals surface area (Å²) in [7, 11) is 0. The van der Waals surface area contributed by atoms with Crippen molar-refractivity contribution in [2.45, 2.75) is 39.0 Å². The Balaban J connectivity index is 1.44. The molecule has 3 heterocycles. The summed E-state index contributed by atoms with van der Waals surface area (Å²) in [6, 6.07) is 12.0. The smallest absolute Gasteiger partial charge is 0.272 e. The Bertz CT molecular complexity index is 889. The largest absolute Gasteiger partial charge is 0.341 e. The van der Waals surface area contributed by atoms with Gasteiger partial charge < -0.3 is 5.32 Å². The fourth-order valence-electron chi connectivity index (χ4n) is 3.30. The first-order chi connectivity index (χ1) is 13.2. The number of tetrazole rings is 1. The van der Waals surface area contributed by atoms with Crippen LogP contribution in [0.1, 0.15) is 47.0 Å². The van der Waals surface area contributed by atoms with E-state index in [1.54, 1.807) is 0 Å². The molecule has 0 radical (unpaired) electrons. The summed E-state index contributed by atoms with van der Waals surface area (Å²) in [6.07, 6.45) is 1.00. The van der Waals surface area contributed by atoms with Gasteiger partial charge in [0, 0.05) is 26.2 Å². The highest BCUT2D eigenvalue weighted by Crippen LogP contribution is 2.17. The van der Waals surface area contributed by atoms with Crippen molar-refractivity contribution in [2.24, 2.45) is 0 Å². The molecule has 1 amide bonds. The number of benzene rings is 1. The molecule has 0 bridgehead atoms. The first-order valence-electron chi connectivity index (χ1n) is 9.06. The Kier molecular flexibility index (Phi) is 4.93. The summed E-state index contributed by atoms with van der Waals surface area (Å²) < 4.78 is 1.94. The zero-order valence-electron chi connectivity index (χ0n) is 15.2. The van der Waals surface area contributed by atoms with Gasteiger partial charge in [0.1, 0.15) is 0 Å². The fourth-order valence-corrected chi connectivity index (χ4v) is 3.30. The number of rotatable bonds is 5. The minimum atomic E-state index is -0.340. The lowest BCUT2D eigenvalue weighted by Crippen LogP contribution is -2.28. The van der Waals surface area contributed by atoms with Crippen LogP contribution in [0.25, 0.3) is 0 Å². The number of carbonyl (C=O) groups excluding carboxylic acids is 1. The van der Waals surface area contributed by atoms with Gasteiger partial charge >= 0.3 is 0 Å². The predicted octanol–water partition coefficient (Wildman–Crippen LogP) is 1.29. The number of hydrogen-bond acceptors (Lipinski definition) is 6. The molecule has 1 atom stereocenters. The molecule has 3 aromatic rings. The highest BCUT2D eigenvalue weighted by molar-refractivity contribution is 5.92. The van der Waals surface area contributed by atoms with Crippen LogP contribution in [0.15, 0.2) is 36.4 Å². The SMILES string of the molecule is C[C@@H](NC(=O)c1cc2n(n1)CCCN(Cc1ccccc1)C2)c1nn[nH]n1. The molecule has 9 nitrogen and oxygen atoms in total. The fraction of sp³-hybridized carbons (Fsp3) is 0.389. The third-order valence-corrected chi connectivity index (χ3v) is 4.67. The Morgan fingerprint density at radius 1 is 1.30 bits per heavy atom. The Morgan fingerprint density at radius 2 is 2.15 bits per heavy atom. The van der Waals surface area contributed by atoms with Crippen LogP contribution in [0.2, 0.25) is 0 Å². The van der Waals surface area contributed by atoms with Crippen molar-refractivity contribution in [1.29, 1.82) is 0 Å². The maximum atomic E-state index is 12.5. The van der Waals surface area contributed by atoms with Crippen LogP contribution >= 0.6 is 0 Å². The first kappa shape index (κ1) is 17.3. The maximum absolute atomic E-state index is 12.5. The Hall–Kier alpha value is -3.07. The van der Waals surface area contributed by atoms with E-state index < -0.39 is 0 Å². The summed E-state index contributed by atoms with van der Waals surface area (Å²) in [6.45, 7) is 5.30. The number of nitrogens with zero attached hydrogens (tertiary/aromatic N) is 6. The quantitative estimate of drug-likeness (QED) is 0.705. The molecule has 1 aliphatic rings. The van der Waals surface area contributed by atoms with Crippen molar-refractivity contribution >= 4 is 5.91 Å². The normalized spacial score (nSPS) is 15.7. The van der Waals surface area contributed by atoms with E-state index in [1.165, 1.54) is 5.56 Å². The second-order valence-corrected chi connectivity index (χ2v) is 6.76. The standard InChI is InChI=1S/C18H22N8O/c1-13(17-20-23-24-21-17)19-18(27)16-10-15-12-25(8-5-9-26(15)22-16)11-14-6-3-2-4-7-14/h2-4,6-7,10,13H,5,8-9,11-12H2,1H3,(H,19,27)(H,20,21,23,24)/t13-/m1/s1. The first-order valence-corrected chi connectivity index (χ1v) is 9.06. The molecule has 2 N–H and O–H groups in total. The predicted molar refractivity (Wildman–Crippen MR) is 97.5 cm³/mol. The van der Waals surface area contributed by atoms with Gasteiger partial charge in [-0.1, -0.05) is 35.5 Å². The third-order valence-electron chi connectivity index (χ3n) is 4.67.